The van der Waals surface area contributed by atoms with Crippen LogP contribution < -0.4 is 16.6 Å². The van der Waals surface area contributed by atoms with Gasteiger partial charge >= 0.3 is 0 Å². The molecular weight excluding hydrogens is 318 g/mol. The van der Waals surface area contributed by atoms with Gasteiger partial charge in [-0.15, -0.1) is 0 Å². The van der Waals surface area contributed by atoms with Gasteiger partial charge in [0, 0.05) is 25.6 Å². The maximum atomic E-state index is 12.5. The number of likely N-dealkylation sites (tertiary alicyclic amines) is 1. The summed E-state index contributed by atoms with van der Waals surface area (Å²) in [4.78, 5) is 32.8. The molecule has 7 nitrogen and oxygen atoms in total. The number of amides is 1. The molecule has 1 amide bonds. The molecule has 7 heteroatoms. The van der Waals surface area contributed by atoms with E-state index < -0.39 is 0 Å². The minimum absolute atomic E-state index is 0.0275. The summed E-state index contributed by atoms with van der Waals surface area (Å²) in [5.41, 5.74) is 6.49. The van der Waals surface area contributed by atoms with Crippen LogP contribution in [0.2, 0.25) is 0 Å². The fourth-order valence-corrected chi connectivity index (χ4v) is 3.20. The molecule has 0 radical (unpaired) electrons. The quantitative estimate of drug-likeness (QED) is 0.717. The summed E-state index contributed by atoms with van der Waals surface area (Å²) in [5, 5.41) is 2.94. The van der Waals surface area contributed by atoms with E-state index in [2.05, 4.69) is 32.3 Å². The fourth-order valence-electron chi connectivity index (χ4n) is 3.20. The number of hydrogen-bond donors (Lipinski definition) is 3. The summed E-state index contributed by atoms with van der Waals surface area (Å²) >= 11 is 0. The van der Waals surface area contributed by atoms with Crippen LogP contribution in [0, 0.1) is 0 Å². The molecule has 25 heavy (non-hydrogen) atoms. The van der Waals surface area contributed by atoms with Crippen molar-refractivity contribution in [3.8, 4) is 0 Å². The zero-order valence-corrected chi connectivity index (χ0v) is 14.1. The maximum absolute atomic E-state index is 12.5. The number of aromatic nitrogens is 2. The number of carbonyl (C=O) groups is 1. The summed E-state index contributed by atoms with van der Waals surface area (Å²) < 4.78 is 0. The van der Waals surface area contributed by atoms with E-state index in [9.17, 15) is 9.59 Å². The fraction of sp³-hybridized carbons (Fsp3) is 0.389. The molecule has 2 heterocycles. The molecule has 4 N–H and O–H groups in total. The van der Waals surface area contributed by atoms with Crippen molar-refractivity contribution in [2.75, 3.05) is 18.8 Å². The zero-order valence-electron chi connectivity index (χ0n) is 14.1. The van der Waals surface area contributed by atoms with Gasteiger partial charge in [-0.25, -0.2) is 4.98 Å². The van der Waals surface area contributed by atoms with Crippen LogP contribution in [0.1, 0.15) is 24.2 Å². The third-order valence-corrected chi connectivity index (χ3v) is 4.37. The number of anilines is 1. The lowest BCUT2D eigenvalue weighted by atomic mass is 10.1. The first-order valence-electron chi connectivity index (χ1n) is 8.53. The van der Waals surface area contributed by atoms with E-state index in [0.717, 1.165) is 25.9 Å². The molecule has 1 atom stereocenters. The molecule has 0 aliphatic carbocycles. The molecule has 1 aromatic carbocycles. The van der Waals surface area contributed by atoms with Gasteiger partial charge < -0.3 is 16.0 Å². The molecule has 2 aromatic rings. The number of benzene rings is 1. The van der Waals surface area contributed by atoms with Gasteiger partial charge in [-0.3, -0.25) is 14.5 Å². The Bertz CT molecular complexity index is 775. The predicted molar refractivity (Wildman–Crippen MR) is 95.9 cm³/mol. The third kappa shape index (κ3) is 4.67. The first-order chi connectivity index (χ1) is 12.1. The van der Waals surface area contributed by atoms with Crippen molar-refractivity contribution < 1.29 is 4.79 Å². The van der Waals surface area contributed by atoms with Gasteiger partial charge in [-0.2, -0.15) is 0 Å². The second-order valence-corrected chi connectivity index (χ2v) is 6.27. The number of nitrogens with one attached hydrogen (secondary N) is 2. The Hall–Kier alpha value is -2.67. The highest BCUT2D eigenvalue weighted by Crippen LogP contribution is 2.20. The van der Waals surface area contributed by atoms with Crippen molar-refractivity contribution in [2.45, 2.75) is 31.8 Å². The van der Waals surface area contributed by atoms with Crippen LogP contribution >= 0.6 is 0 Å². The van der Waals surface area contributed by atoms with Gasteiger partial charge in [-0.1, -0.05) is 30.3 Å². The Morgan fingerprint density at radius 2 is 2.16 bits per heavy atom. The van der Waals surface area contributed by atoms with E-state index in [-0.39, 0.29) is 23.3 Å². The topological polar surface area (TPSA) is 104 Å². The van der Waals surface area contributed by atoms with Gasteiger partial charge in [0.15, 0.2) is 0 Å². The van der Waals surface area contributed by atoms with Crippen molar-refractivity contribution in [1.29, 1.82) is 0 Å². The van der Waals surface area contributed by atoms with E-state index in [0.29, 0.717) is 18.8 Å². The highest BCUT2D eigenvalue weighted by atomic mass is 16.2. The van der Waals surface area contributed by atoms with E-state index in [1.807, 2.05) is 18.2 Å². The highest BCUT2D eigenvalue weighted by Gasteiger charge is 2.30. The largest absolute Gasteiger partial charge is 0.383 e. The normalized spacial score (nSPS) is 17.5. The molecule has 1 saturated heterocycles. The Morgan fingerprint density at radius 1 is 1.36 bits per heavy atom. The second kappa shape index (κ2) is 7.94. The average Bonchev–Trinajstić information content (AvgIpc) is 3.03. The maximum Gasteiger partial charge on any atom is 0.252 e. The van der Waals surface area contributed by atoms with Gasteiger partial charge in [0.1, 0.15) is 11.6 Å². The molecule has 1 aliphatic rings. The van der Waals surface area contributed by atoms with Crippen molar-refractivity contribution in [3.05, 3.63) is 58.1 Å². The smallest absolute Gasteiger partial charge is 0.252 e. The van der Waals surface area contributed by atoms with Gasteiger partial charge in [-0.05, 0) is 24.9 Å². The van der Waals surface area contributed by atoms with Crippen LogP contribution in [-0.2, 0) is 17.8 Å². The molecule has 1 aromatic heterocycles. The summed E-state index contributed by atoms with van der Waals surface area (Å²) in [6, 6.07) is 11.3. The molecular formula is C18H23N5O2. The predicted octanol–water partition coefficient (Wildman–Crippen LogP) is 0.675. The summed E-state index contributed by atoms with van der Waals surface area (Å²) in [5.74, 6) is 0.701. The minimum atomic E-state index is -0.279. The van der Waals surface area contributed by atoms with E-state index in [4.69, 9.17) is 5.73 Å². The number of nitrogens with two attached hydrogens (primary N) is 1. The van der Waals surface area contributed by atoms with E-state index in [1.54, 1.807) is 0 Å². The number of rotatable bonds is 6. The number of hydrogen-bond acceptors (Lipinski definition) is 5. The SMILES string of the molecule is Nc1cc(=O)[nH]c(CCNC(=O)[C@@H]2CCCN2Cc2ccccc2)n1. The molecule has 0 spiro atoms. The van der Waals surface area contributed by atoms with Crippen molar-refractivity contribution in [3.63, 3.8) is 0 Å². The van der Waals surface area contributed by atoms with Gasteiger partial charge in [0.25, 0.3) is 5.56 Å². The third-order valence-electron chi connectivity index (χ3n) is 4.37. The lowest BCUT2D eigenvalue weighted by molar-refractivity contribution is -0.125. The zero-order chi connectivity index (χ0) is 17.6. The van der Waals surface area contributed by atoms with Crippen LogP contribution in [0.25, 0.3) is 0 Å². The lowest BCUT2D eigenvalue weighted by Gasteiger charge is -2.23. The van der Waals surface area contributed by atoms with Crippen LogP contribution in [0.3, 0.4) is 0 Å². The molecule has 0 bridgehead atoms. The van der Waals surface area contributed by atoms with E-state index >= 15 is 0 Å². The summed E-state index contributed by atoms with van der Waals surface area (Å²) in [6.45, 7) is 2.13. The van der Waals surface area contributed by atoms with Crippen LogP contribution in [0.15, 0.2) is 41.2 Å². The Balaban J connectivity index is 1.52. The molecule has 1 aliphatic heterocycles. The van der Waals surface area contributed by atoms with Crippen LogP contribution in [0.4, 0.5) is 5.82 Å². The molecule has 0 saturated carbocycles. The highest BCUT2D eigenvalue weighted by molar-refractivity contribution is 5.82. The molecule has 0 unspecified atom stereocenters. The first kappa shape index (κ1) is 17.2. The number of nitrogens with zero attached hydrogens (tertiary/aromatic N) is 2. The van der Waals surface area contributed by atoms with Crippen molar-refractivity contribution in [2.24, 2.45) is 0 Å². The monoisotopic (exact) mass is 341 g/mol. The number of aromatic amines is 1. The summed E-state index contributed by atoms with van der Waals surface area (Å²) in [7, 11) is 0. The molecule has 3 rings (SSSR count). The standard InChI is InChI=1S/C18H23N5O2/c19-15-11-17(24)22-16(21-15)8-9-20-18(25)14-7-4-10-23(14)12-13-5-2-1-3-6-13/h1-3,5-6,11,14H,4,7-10,12H2,(H,20,25)(H3,19,21,22,24)/t14-/m0/s1. The number of carbonyl (C=O) groups excluding carboxylic acids is 1. The van der Waals surface area contributed by atoms with Gasteiger partial charge in [0.05, 0.1) is 6.04 Å². The average molecular weight is 341 g/mol. The van der Waals surface area contributed by atoms with Crippen molar-refractivity contribution >= 4 is 11.7 Å². The summed E-state index contributed by atoms with van der Waals surface area (Å²) in [6.07, 6.45) is 2.33. The van der Waals surface area contributed by atoms with Crippen molar-refractivity contribution in [1.82, 2.24) is 20.2 Å². The second-order valence-electron chi connectivity index (χ2n) is 6.27. The number of nitrogen functional groups attached to an aromatic ring is 1. The van der Waals surface area contributed by atoms with Crippen LogP contribution in [-0.4, -0.2) is 39.9 Å². The molecule has 1 fully saturated rings. The lowest BCUT2D eigenvalue weighted by Crippen LogP contribution is -2.43. The Kier molecular flexibility index (Phi) is 5.45. The van der Waals surface area contributed by atoms with E-state index in [1.165, 1.54) is 11.6 Å². The Morgan fingerprint density at radius 3 is 2.92 bits per heavy atom. The first-order valence-corrected chi connectivity index (χ1v) is 8.53. The Labute approximate surface area is 146 Å². The minimum Gasteiger partial charge on any atom is -0.383 e. The van der Waals surface area contributed by atoms with Gasteiger partial charge in [0.2, 0.25) is 5.91 Å². The van der Waals surface area contributed by atoms with Crippen LogP contribution in [0.5, 0.6) is 0 Å². The number of H-pyrrole nitrogens is 1. The molecule has 132 valence electrons.